The molecule has 27 heavy (non-hydrogen) atoms. The number of hydrogen-bond donors (Lipinski definition) is 1. The molecule has 1 aromatic carbocycles. The van der Waals surface area contributed by atoms with E-state index in [9.17, 15) is 14.7 Å². The van der Waals surface area contributed by atoms with E-state index >= 15 is 0 Å². The Morgan fingerprint density at radius 3 is 1.93 bits per heavy atom. The summed E-state index contributed by atoms with van der Waals surface area (Å²) in [5, 5.41) is 9.93. The summed E-state index contributed by atoms with van der Waals surface area (Å²) in [7, 11) is 4.02. The topological polar surface area (TPSA) is 89.0 Å². The molecule has 1 N–H and O–H groups in total. The molecule has 1 aliphatic rings. The Morgan fingerprint density at radius 1 is 0.963 bits per heavy atom. The predicted octanol–water partition coefficient (Wildman–Crippen LogP) is 2.94. The van der Waals surface area contributed by atoms with Gasteiger partial charge < -0.3 is 19.5 Å². The van der Waals surface area contributed by atoms with Crippen LogP contribution in [0.15, 0.2) is 60.4 Å². The molecule has 142 valence electrons. The van der Waals surface area contributed by atoms with E-state index in [2.05, 4.69) is 4.98 Å². The van der Waals surface area contributed by atoms with E-state index in [1.54, 1.807) is 42.7 Å². The number of aliphatic hydroxyl groups excluding tert-OH is 1. The second kappa shape index (κ2) is 8.35. The maximum atomic E-state index is 11.7. The summed E-state index contributed by atoms with van der Waals surface area (Å²) < 4.78 is 9.80. The number of benzene rings is 1. The molecule has 1 saturated heterocycles. The van der Waals surface area contributed by atoms with Gasteiger partial charge in [-0.2, -0.15) is 0 Å². The van der Waals surface area contributed by atoms with Gasteiger partial charge in [0.2, 0.25) is 0 Å². The summed E-state index contributed by atoms with van der Waals surface area (Å²) >= 11 is 0. The van der Waals surface area contributed by atoms with E-state index in [-0.39, 0.29) is 0 Å². The van der Waals surface area contributed by atoms with Crippen LogP contribution in [0, 0.1) is 0 Å². The number of ether oxygens (including phenoxy) is 2. The molecule has 2 aromatic rings. The summed E-state index contributed by atoms with van der Waals surface area (Å²) in [5.41, 5.74) is 1.05. The van der Waals surface area contributed by atoms with Crippen LogP contribution in [0.2, 0.25) is 0 Å². The number of hydrogen-bond acceptors (Lipinski definition) is 7. The van der Waals surface area contributed by atoms with Crippen molar-refractivity contribution in [2.75, 3.05) is 19.0 Å². The number of aromatic nitrogens is 1. The van der Waals surface area contributed by atoms with Gasteiger partial charge in [-0.1, -0.05) is 30.3 Å². The lowest BCUT2D eigenvalue weighted by atomic mass is 10.1. The molecule has 0 atom stereocenters. The minimum absolute atomic E-state index is 0.348. The zero-order chi connectivity index (χ0) is 20.0. The van der Waals surface area contributed by atoms with Gasteiger partial charge in [0.1, 0.15) is 5.76 Å². The molecule has 1 aromatic heterocycles. The van der Waals surface area contributed by atoms with Crippen LogP contribution in [0.3, 0.4) is 0 Å². The van der Waals surface area contributed by atoms with E-state index in [0.29, 0.717) is 5.56 Å². The summed E-state index contributed by atoms with van der Waals surface area (Å²) in [4.78, 5) is 29.3. The minimum atomic E-state index is -1.31. The van der Waals surface area contributed by atoms with Crippen molar-refractivity contribution in [3.8, 4) is 0 Å². The lowest BCUT2D eigenvalue weighted by molar-refractivity contribution is -0.222. The van der Waals surface area contributed by atoms with Gasteiger partial charge in [-0.05, 0) is 12.1 Å². The number of pyridine rings is 1. The van der Waals surface area contributed by atoms with Crippen LogP contribution in [-0.2, 0) is 19.1 Å². The highest BCUT2D eigenvalue weighted by Crippen LogP contribution is 2.27. The molecule has 1 aliphatic heterocycles. The quantitative estimate of drug-likeness (QED) is 0.376. The first kappa shape index (κ1) is 20.0. The monoisotopic (exact) mass is 370 g/mol. The first-order valence-electron chi connectivity index (χ1n) is 8.24. The number of nitrogens with zero attached hydrogens (tertiary/aromatic N) is 2. The third kappa shape index (κ3) is 5.31. The van der Waals surface area contributed by atoms with Gasteiger partial charge in [0, 0.05) is 51.6 Å². The number of cyclic esters (lactones) is 2. The maximum Gasteiger partial charge on any atom is 0.352 e. The fraction of sp³-hybridized carbons (Fsp3) is 0.250. The van der Waals surface area contributed by atoms with Crippen molar-refractivity contribution >= 4 is 23.4 Å². The van der Waals surface area contributed by atoms with E-state index < -0.39 is 29.1 Å². The van der Waals surface area contributed by atoms with Crippen LogP contribution in [0.25, 0.3) is 5.76 Å². The first-order chi connectivity index (χ1) is 12.7. The number of rotatable bonds is 2. The molecular weight excluding hydrogens is 348 g/mol. The smallest absolute Gasteiger partial charge is 0.352 e. The molecule has 0 unspecified atom stereocenters. The molecule has 3 rings (SSSR count). The molecule has 0 amide bonds. The second-order valence-corrected chi connectivity index (χ2v) is 6.37. The Morgan fingerprint density at radius 2 is 1.48 bits per heavy atom. The largest absolute Gasteiger partial charge is 0.506 e. The lowest BCUT2D eigenvalue weighted by Crippen LogP contribution is -2.42. The average molecular weight is 370 g/mol. The Labute approximate surface area is 157 Å². The van der Waals surface area contributed by atoms with Gasteiger partial charge in [0.25, 0.3) is 5.79 Å². The van der Waals surface area contributed by atoms with Crippen LogP contribution < -0.4 is 4.90 Å². The Bertz CT molecular complexity index is 808. The van der Waals surface area contributed by atoms with Gasteiger partial charge in [0.15, 0.2) is 5.57 Å². The van der Waals surface area contributed by atoms with Crippen molar-refractivity contribution in [3.05, 3.63) is 66.0 Å². The number of carbonyl (C=O) groups excluding carboxylic acids is 2. The molecule has 2 heterocycles. The lowest BCUT2D eigenvalue weighted by Gasteiger charge is -2.30. The van der Waals surface area contributed by atoms with E-state index in [4.69, 9.17) is 9.47 Å². The highest BCUT2D eigenvalue weighted by atomic mass is 16.7. The van der Waals surface area contributed by atoms with Crippen LogP contribution in [0.1, 0.15) is 19.4 Å². The van der Waals surface area contributed by atoms with Crippen molar-refractivity contribution < 1.29 is 24.2 Å². The number of carbonyl (C=O) groups is 2. The zero-order valence-electron chi connectivity index (χ0n) is 15.7. The van der Waals surface area contributed by atoms with Crippen molar-refractivity contribution in [3.63, 3.8) is 0 Å². The summed E-state index contributed by atoms with van der Waals surface area (Å²) in [6, 6.07) is 12.2. The van der Waals surface area contributed by atoms with E-state index in [1.807, 2.05) is 31.1 Å². The standard InChI is InChI=1S/C13H12O5.C7H10N2/c1-13(2)17-11(15)9(12(16)18-13)10(14)8-6-4-3-5-7-8;1-9(2)7-3-5-8-6-4-7/h3-7,14H,1-2H3;3-6H,1-2H3. The first-order valence-corrected chi connectivity index (χ1v) is 8.24. The fourth-order valence-corrected chi connectivity index (χ4v) is 2.23. The van der Waals surface area contributed by atoms with Crippen molar-refractivity contribution in [1.82, 2.24) is 4.98 Å². The van der Waals surface area contributed by atoms with Crippen LogP contribution in [-0.4, -0.2) is 41.9 Å². The third-order valence-electron chi connectivity index (χ3n) is 3.55. The van der Waals surface area contributed by atoms with Gasteiger partial charge in [-0.25, -0.2) is 9.59 Å². The summed E-state index contributed by atoms with van der Waals surface area (Å²) in [5.74, 6) is -3.54. The van der Waals surface area contributed by atoms with E-state index in [0.717, 1.165) is 0 Å². The zero-order valence-corrected chi connectivity index (χ0v) is 15.7. The SMILES string of the molecule is CC1(C)OC(=O)C(=C(O)c2ccccc2)C(=O)O1.CN(C)c1ccncc1. The summed E-state index contributed by atoms with van der Waals surface area (Å²) in [6.07, 6.45) is 3.57. The van der Waals surface area contributed by atoms with Crippen molar-refractivity contribution in [1.29, 1.82) is 0 Å². The van der Waals surface area contributed by atoms with Crippen LogP contribution in [0.4, 0.5) is 5.69 Å². The predicted molar refractivity (Wildman–Crippen MR) is 101 cm³/mol. The van der Waals surface area contributed by atoms with Gasteiger partial charge in [-0.15, -0.1) is 0 Å². The fourth-order valence-electron chi connectivity index (χ4n) is 2.23. The molecule has 0 spiro atoms. The van der Waals surface area contributed by atoms with Gasteiger partial charge in [-0.3, -0.25) is 4.98 Å². The third-order valence-corrected chi connectivity index (χ3v) is 3.55. The highest BCUT2D eigenvalue weighted by molar-refractivity contribution is 6.20. The normalized spacial score (nSPS) is 15.0. The molecule has 0 saturated carbocycles. The Kier molecular flexibility index (Phi) is 6.18. The minimum Gasteiger partial charge on any atom is -0.506 e. The molecule has 0 radical (unpaired) electrons. The molecular formula is C20H22N2O5. The average Bonchev–Trinajstić information content (AvgIpc) is 2.62. The van der Waals surface area contributed by atoms with Crippen LogP contribution in [0.5, 0.6) is 0 Å². The molecule has 7 nitrogen and oxygen atoms in total. The molecule has 0 bridgehead atoms. The maximum absolute atomic E-state index is 11.7. The van der Waals surface area contributed by atoms with Crippen molar-refractivity contribution in [2.45, 2.75) is 19.6 Å². The van der Waals surface area contributed by atoms with Crippen molar-refractivity contribution in [2.24, 2.45) is 0 Å². The van der Waals surface area contributed by atoms with Gasteiger partial charge in [0.05, 0.1) is 0 Å². The molecule has 0 aliphatic carbocycles. The molecule has 1 fully saturated rings. The molecule has 7 heteroatoms. The van der Waals surface area contributed by atoms with Crippen LogP contribution >= 0.6 is 0 Å². The summed E-state index contributed by atoms with van der Waals surface area (Å²) in [6.45, 7) is 2.89. The highest BCUT2D eigenvalue weighted by Gasteiger charge is 2.41. The number of esters is 2. The Balaban J connectivity index is 0.000000244. The number of anilines is 1. The number of aliphatic hydroxyl groups is 1. The second-order valence-electron chi connectivity index (χ2n) is 6.37. The Hall–Kier alpha value is -3.35. The van der Waals surface area contributed by atoms with E-state index in [1.165, 1.54) is 19.5 Å². The van der Waals surface area contributed by atoms with Gasteiger partial charge >= 0.3 is 11.9 Å².